The average molecular weight is 361 g/mol. The van der Waals surface area contributed by atoms with Gasteiger partial charge < -0.3 is 0 Å². The third-order valence-electron chi connectivity index (χ3n) is 4.89. The fraction of sp³-hybridized carbons (Fsp3) is 0.625. The topological polar surface area (TPSA) is 40.6 Å². The second kappa shape index (κ2) is 7.05. The van der Waals surface area contributed by atoms with Gasteiger partial charge in [0.15, 0.2) is 0 Å². The fourth-order valence-corrected chi connectivity index (χ4v) is 5.24. The Balaban J connectivity index is 1.67. The first kappa shape index (κ1) is 17.1. The number of hydrogen-bond acceptors (Lipinski definition) is 3. The Kier molecular flexibility index (Phi) is 5.26. The molecule has 0 radical (unpaired) electrons. The number of halogens is 2. The lowest BCUT2D eigenvalue weighted by Gasteiger charge is -2.40. The minimum absolute atomic E-state index is 0.0648. The monoisotopic (exact) mass is 360 g/mol. The summed E-state index contributed by atoms with van der Waals surface area (Å²) >= 11 is 5.72. The van der Waals surface area contributed by atoms with Crippen LogP contribution in [0.4, 0.5) is 4.39 Å². The van der Waals surface area contributed by atoms with Crippen LogP contribution in [0.1, 0.15) is 32.1 Å². The Morgan fingerprint density at radius 1 is 1.04 bits per heavy atom. The molecule has 1 saturated carbocycles. The minimum Gasteiger partial charge on any atom is -0.298 e. The van der Waals surface area contributed by atoms with Gasteiger partial charge in [-0.2, -0.15) is 4.31 Å². The summed E-state index contributed by atoms with van der Waals surface area (Å²) in [6.45, 7) is 2.49. The first-order valence-corrected chi connectivity index (χ1v) is 9.99. The second-order valence-electron chi connectivity index (χ2n) is 6.31. The van der Waals surface area contributed by atoms with E-state index in [9.17, 15) is 12.8 Å². The number of hydrogen-bond donors (Lipinski definition) is 0. The Morgan fingerprint density at radius 3 is 2.30 bits per heavy atom. The number of nitrogens with zero attached hydrogens (tertiary/aromatic N) is 2. The van der Waals surface area contributed by atoms with Crippen LogP contribution in [0.3, 0.4) is 0 Å². The highest BCUT2D eigenvalue weighted by Crippen LogP contribution is 2.26. The maximum Gasteiger partial charge on any atom is 0.243 e. The van der Waals surface area contributed by atoms with Gasteiger partial charge in [-0.05, 0) is 31.0 Å². The van der Waals surface area contributed by atoms with Gasteiger partial charge in [-0.25, -0.2) is 12.8 Å². The highest BCUT2D eigenvalue weighted by atomic mass is 35.5. The molecule has 4 nitrogen and oxygen atoms in total. The van der Waals surface area contributed by atoms with Crippen LogP contribution in [-0.4, -0.2) is 49.8 Å². The van der Waals surface area contributed by atoms with Crippen LogP contribution in [-0.2, 0) is 10.0 Å². The summed E-state index contributed by atoms with van der Waals surface area (Å²) in [6.07, 6.45) is 6.31. The van der Waals surface area contributed by atoms with Crippen LogP contribution in [0.25, 0.3) is 0 Å². The van der Waals surface area contributed by atoms with Crippen molar-refractivity contribution in [1.29, 1.82) is 0 Å². The molecule has 1 aliphatic heterocycles. The molecule has 3 rings (SSSR count). The van der Waals surface area contributed by atoms with Crippen molar-refractivity contribution in [1.82, 2.24) is 9.21 Å². The lowest BCUT2D eigenvalue weighted by Crippen LogP contribution is -2.52. The van der Waals surface area contributed by atoms with Gasteiger partial charge in [0.25, 0.3) is 0 Å². The predicted octanol–water partition coefficient (Wildman–Crippen LogP) is 3.12. The zero-order chi connectivity index (χ0) is 16.4. The van der Waals surface area contributed by atoms with E-state index in [1.165, 1.54) is 48.5 Å². The molecule has 23 heavy (non-hydrogen) atoms. The summed E-state index contributed by atoms with van der Waals surface area (Å²) in [6, 6.07) is 4.19. The van der Waals surface area contributed by atoms with Gasteiger partial charge in [0.1, 0.15) is 5.82 Å². The normalized spacial score (nSPS) is 22.3. The molecule has 1 aromatic rings. The molecule has 2 aliphatic rings. The van der Waals surface area contributed by atoms with E-state index in [2.05, 4.69) is 4.90 Å². The summed E-state index contributed by atoms with van der Waals surface area (Å²) in [4.78, 5) is 2.48. The van der Waals surface area contributed by atoms with Gasteiger partial charge in [-0.1, -0.05) is 30.9 Å². The van der Waals surface area contributed by atoms with Crippen LogP contribution in [0, 0.1) is 5.82 Å². The SMILES string of the molecule is O=S(=O)(c1ccc(F)c(Cl)c1)N1CCN(C2CCCCC2)CC1. The highest BCUT2D eigenvalue weighted by Gasteiger charge is 2.31. The Labute approximate surface area is 142 Å². The quantitative estimate of drug-likeness (QED) is 0.831. The zero-order valence-corrected chi connectivity index (χ0v) is 14.6. The van der Waals surface area contributed by atoms with E-state index in [4.69, 9.17) is 11.6 Å². The first-order valence-electron chi connectivity index (χ1n) is 8.18. The van der Waals surface area contributed by atoms with E-state index in [1.54, 1.807) is 0 Å². The molecule has 0 bridgehead atoms. The molecule has 0 atom stereocenters. The molecule has 2 fully saturated rings. The van der Waals surface area contributed by atoms with Crippen molar-refractivity contribution in [3.63, 3.8) is 0 Å². The van der Waals surface area contributed by atoms with Gasteiger partial charge in [0, 0.05) is 32.2 Å². The third-order valence-corrected chi connectivity index (χ3v) is 7.08. The minimum atomic E-state index is -3.60. The molecular formula is C16H22ClFN2O2S. The molecule has 1 saturated heterocycles. The van der Waals surface area contributed by atoms with Gasteiger partial charge in [0.05, 0.1) is 9.92 Å². The number of sulfonamides is 1. The second-order valence-corrected chi connectivity index (χ2v) is 8.65. The maximum atomic E-state index is 13.2. The van der Waals surface area contributed by atoms with Crippen molar-refractivity contribution < 1.29 is 12.8 Å². The van der Waals surface area contributed by atoms with E-state index < -0.39 is 15.8 Å². The van der Waals surface area contributed by atoms with Gasteiger partial charge in [-0.3, -0.25) is 4.90 Å². The summed E-state index contributed by atoms with van der Waals surface area (Å²) in [5.41, 5.74) is 0. The molecule has 1 heterocycles. The van der Waals surface area contributed by atoms with Crippen molar-refractivity contribution in [2.45, 2.75) is 43.0 Å². The first-order chi connectivity index (χ1) is 11.0. The predicted molar refractivity (Wildman–Crippen MR) is 88.6 cm³/mol. The van der Waals surface area contributed by atoms with Gasteiger partial charge >= 0.3 is 0 Å². The molecule has 0 amide bonds. The van der Waals surface area contributed by atoms with Crippen molar-refractivity contribution in [2.75, 3.05) is 26.2 Å². The summed E-state index contributed by atoms with van der Waals surface area (Å²) in [5, 5.41) is -0.160. The van der Waals surface area contributed by atoms with Crippen molar-refractivity contribution in [2.24, 2.45) is 0 Å². The Morgan fingerprint density at radius 2 is 1.70 bits per heavy atom. The van der Waals surface area contributed by atoms with E-state index in [0.29, 0.717) is 19.1 Å². The molecule has 7 heteroatoms. The Hall–Kier alpha value is -0.690. The summed E-state index contributed by atoms with van der Waals surface area (Å²) < 4.78 is 40.0. The molecule has 128 valence electrons. The average Bonchev–Trinajstić information content (AvgIpc) is 2.58. The van der Waals surface area contributed by atoms with E-state index in [-0.39, 0.29) is 9.92 Å². The fourth-order valence-electron chi connectivity index (χ4n) is 3.54. The standard InChI is InChI=1S/C16H22ClFN2O2S/c17-15-12-14(6-7-16(15)18)23(21,22)20-10-8-19(9-11-20)13-4-2-1-3-5-13/h6-7,12-13H,1-5,8-11H2. The van der Waals surface area contributed by atoms with Crippen molar-refractivity contribution in [3.8, 4) is 0 Å². The smallest absolute Gasteiger partial charge is 0.243 e. The van der Waals surface area contributed by atoms with Crippen LogP contribution < -0.4 is 0 Å². The van der Waals surface area contributed by atoms with Crippen molar-refractivity contribution in [3.05, 3.63) is 29.0 Å². The molecule has 0 unspecified atom stereocenters. The van der Waals surface area contributed by atoms with Crippen LogP contribution >= 0.6 is 11.6 Å². The number of rotatable bonds is 3. The molecule has 1 aliphatic carbocycles. The molecule has 0 spiro atoms. The third kappa shape index (κ3) is 3.71. The van der Waals surface area contributed by atoms with Crippen molar-refractivity contribution >= 4 is 21.6 Å². The van der Waals surface area contributed by atoms with E-state index in [1.807, 2.05) is 0 Å². The van der Waals surface area contributed by atoms with Gasteiger partial charge in [0.2, 0.25) is 10.0 Å². The largest absolute Gasteiger partial charge is 0.298 e. The lowest BCUT2D eigenvalue weighted by molar-refractivity contribution is 0.111. The molecule has 0 N–H and O–H groups in total. The highest BCUT2D eigenvalue weighted by molar-refractivity contribution is 7.89. The molecule has 1 aromatic carbocycles. The van der Waals surface area contributed by atoms with Crippen LogP contribution in [0.2, 0.25) is 5.02 Å². The summed E-state index contributed by atoms with van der Waals surface area (Å²) in [7, 11) is -3.60. The maximum absolute atomic E-state index is 13.2. The van der Waals surface area contributed by atoms with E-state index in [0.717, 1.165) is 19.2 Å². The lowest BCUT2D eigenvalue weighted by atomic mass is 9.94. The molecule has 0 aromatic heterocycles. The molecular weight excluding hydrogens is 339 g/mol. The number of piperazine rings is 1. The Bertz CT molecular complexity index is 654. The van der Waals surface area contributed by atoms with E-state index >= 15 is 0 Å². The summed E-state index contributed by atoms with van der Waals surface area (Å²) in [5.74, 6) is -0.604. The zero-order valence-electron chi connectivity index (χ0n) is 13.0. The van der Waals surface area contributed by atoms with Gasteiger partial charge in [-0.15, -0.1) is 0 Å². The number of benzene rings is 1. The van der Waals surface area contributed by atoms with Crippen LogP contribution in [0.15, 0.2) is 23.1 Å². The van der Waals surface area contributed by atoms with Crippen LogP contribution in [0.5, 0.6) is 0 Å².